The van der Waals surface area contributed by atoms with Crippen molar-refractivity contribution in [1.29, 1.82) is 0 Å². The molecule has 180 valence electrons. The van der Waals surface area contributed by atoms with Gasteiger partial charge in [-0.2, -0.15) is 4.98 Å². The van der Waals surface area contributed by atoms with Crippen molar-refractivity contribution < 1.29 is 14.3 Å². The van der Waals surface area contributed by atoms with Crippen LogP contribution in [0.2, 0.25) is 0 Å². The summed E-state index contributed by atoms with van der Waals surface area (Å²) in [4.78, 5) is 38.7. The molecule has 0 spiro atoms. The predicted molar refractivity (Wildman–Crippen MR) is 133 cm³/mol. The highest BCUT2D eigenvalue weighted by molar-refractivity contribution is 6.00. The molecular weight excluding hydrogens is 434 g/mol. The molecule has 0 atom stereocenters. The normalized spacial score (nSPS) is 11.1. The Hall–Kier alpha value is -3.95. The molecule has 0 unspecified atom stereocenters. The predicted octanol–water partition coefficient (Wildman–Crippen LogP) is 4.65. The second-order valence-corrected chi connectivity index (χ2v) is 8.92. The van der Waals surface area contributed by atoms with Crippen molar-refractivity contribution in [3.05, 3.63) is 48.4 Å². The van der Waals surface area contributed by atoms with Gasteiger partial charge in [-0.05, 0) is 57.7 Å². The van der Waals surface area contributed by atoms with Crippen molar-refractivity contribution >= 4 is 40.4 Å². The first-order valence-electron chi connectivity index (χ1n) is 11.0. The molecule has 3 rings (SSSR count). The molecule has 0 fully saturated rings. The number of urea groups is 1. The van der Waals surface area contributed by atoms with E-state index < -0.39 is 11.6 Å². The second-order valence-electron chi connectivity index (χ2n) is 8.92. The van der Waals surface area contributed by atoms with E-state index in [2.05, 4.69) is 30.9 Å². The molecule has 3 aromatic rings. The van der Waals surface area contributed by atoms with E-state index in [0.717, 1.165) is 10.8 Å². The van der Waals surface area contributed by atoms with Gasteiger partial charge in [0, 0.05) is 55.4 Å². The Bertz CT molecular complexity index is 1160. The number of rotatable bonds is 7. The number of hydrogen-bond acceptors (Lipinski definition) is 7. The minimum Gasteiger partial charge on any atom is -0.444 e. The Morgan fingerprint density at radius 3 is 2.62 bits per heavy atom. The van der Waals surface area contributed by atoms with Crippen LogP contribution in [-0.2, 0) is 4.74 Å². The summed E-state index contributed by atoms with van der Waals surface area (Å²) in [6, 6.07) is 8.80. The fraction of sp³-hybridized carbons (Fsp3) is 0.375. The van der Waals surface area contributed by atoms with Crippen molar-refractivity contribution in [2.45, 2.75) is 39.7 Å². The molecule has 2 heterocycles. The Kier molecular flexibility index (Phi) is 7.83. The maximum absolute atomic E-state index is 12.5. The quantitative estimate of drug-likeness (QED) is 0.434. The average Bonchev–Trinajstić information content (AvgIpc) is 2.75. The van der Waals surface area contributed by atoms with E-state index in [1.165, 1.54) is 0 Å². The molecule has 3 amide bonds. The SMILES string of the molecule is Cc1cc(NCCCN(C)C(=O)OC(C)(C)C)nc(NC(=O)Nc2ccc3cnccc3c2)n1. The second kappa shape index (κ2) is 10.8. The molecule has 0 aliphatic heterocycles. The van der Waals surface area contributed by atoms with Crippen LogP contribution in [0.3, 0.4) is 0 Å². The van der Waals surface area contributed by atoms with Crippen molar-refractivity contribution in [2.24, 2.45) is 0 Å². The molecular formula is C24H31N7O3. The topological polar surface area (TPSA) is 121 Å². The summed E-state index contributed by atoms with van der Waals surface area (Å²) in [5.74, 6) is 0.775. The Morgan fingerprint density at radius 1 is 1.06 bits per heavy atom. The highest BCUT2D eigenvalue weighted by atomic mass is 16.6. The highest BCUT2D eigenvalue weighted by Gasteiger charge is 2.19. The summed E-state index contributed by atoms with van der Waals surface area (Å²) >= 11 is 0. The van der Waals surface area contributed by atoms with Crippen LogP contribution in [0, 0.1) is 6.92 Å². The largest absolute Gasteiger partial charge is 0.444 e. The van der Waals surface area contributed by atoms with Gasteiger partial charge < -0.3 is 20.3 Å². The van der Waals surface area contributed by atoms with Gasteiger partial charge in [0.05, 0.1) is 0 Å². The molecule has 34 heavy (non-hydrogen) atoms. The Balaban J connectivity index is 1.50. The third kappa shape index (κ3) is 7.58. The van der Waals surface area contributed by atoms with Crippen LogP contribution in [-0.4, -0.2) is 57.7 Å². The molecule has 2 aromatic heterocycles. The van der Waals surface area contributed by atoms with Gasteiger partial charge in [0.15, 0.2) is 0 Å². The van der Waals surface area contributed by atoms with E-state index >= 15 is 0 Å². The zero-order chi connectivity index (χ0) is 24.7. The van der Waals surface area contributed by atoms with Crippen molar-refractivity contribution in [1.82, 2.24) is 19.9 Å². The third-order valence-corrected chi connectivity index (χ3v) is 4.66. The van der Waals surface area contributed by atoms with Gasteiger partial charge in [0.1, 0.15) is 11.4 Å². The van der Waals surface area contributed by atoms with Gasteiger partial charge in [-0.25, -0.2) is 14.6 Å². The summed E-state index contributed by atoms with van der Waals surface area (Å²) in [5, 5.41) is 10.6. The fourth-order valence-corrected chi connectivity index (χ4v) is 3.10. The number of nitrogens with zero attached hydrogens (tertiary/aromatic N) is 4. The van der Waals surface area contributed by atoms with Crippen LogP contribution in [0.5, 0.6) is 0 Å². The maximum atomic E-state index is 12.5. The van der Waals surface area contributed by atoms with Crippen LogP contribution < -0.4 is 16.0 Å². The van der Waals surface area contributed by atoms with Crippen molar-refractivity contribution in [3.8, 4) is 0 Å². The summed E-state index contributed by atoms with van der Waals surface area (Å²) in [7, 11) is 1.70. The van der Waals surface area contributed by atoms with Crippen LogP contribution in [0.15, 0.2) is 42.7 Å². The van der Waals surface area contributed by atoms with Gasteiger partial charge in [-0.15, -0.1) is 0 Å². The molecule has 0 aliphatic rings. The molecule has 0 saturated carbocycles. The van der Waals surface area contributed by atoms with E-state index in [-0.39, 0.29) is 12.0 Å². The smallest absolute Gasteiger partial charge is 0.410 e. The van der Waals surface area contributed by atoms with Gasteiger partial charge in [0.25, 0.3) is 0 Å². The molecule has 10 nitrogen and oxygen atoms in total. The number of hydrogen-bond donors (Lipinski definition) is 3. The van der Waals surface area contributed by atoms with E-state index in [1.54, 1.807) is 30.4 Å². The molecule has 3 N–H and O–H groups in total. The first kappa shape index (κ1) is 24.7. The molecule has 0 radical (unpaired) electrons. The number of aryl methyl sites for hydroxylation is 1. The lowest BCUT2D eigenvalue weighted by molar-refractivity contribution is 0.0298. The molecule has 0 aliphatic carbocycles. The van der Waals surface area contributed by atoms with E-state index in [4.69, 9.17) is 4.74 Å². The number of pyridine rings is 1. The summed E-state index contributed by atoms with van der Waals surface area (Å²) in [6.45, 7) is 8.45. The zero-order valence-corrected chi connectivity index (χ0v) is 20.2. The number of carbonyl (C=O) groups excluding carboxylic acids is 2. The number of amides is 3. The zero-order valence-electron chi connectivity index (χ0n) is 20.2. The van der Waals surface area contributed by atoms with Crippen LogP contribution in [0.25, 0.3) is 10.8 Å². The van der Waals surface area contributed by atoms with E-state index in [9.17, 15) is 9.59 Å². The third-order valence-electron chi connectivity index (χ3n) is 4.66. The van der Waals surface area contributed by atoms with Gasteiger partial charge in [-0.3, -0.25) is 10.3 Å². The average molecular weight is 466 g/mol. The number of anilines is 3. The van der Waals surface area contributed by atoms with E-state index in [0.29, 0.717) is 36.7 Å². The number of carbonyl (C=O) groups is 2. The fourth-order valence-electron chi connectivity index (χ4n) is 3.10. The Morgan fingerprint density at radius 2 is 1.85 bits per heavy atom. The minimum absolute atomic E-state index is 0.191. The first-order chi connectivity index (χ1) is 16.1. The number of fused-ring (bicyclic) bond motifs is 1. The molecule has 0 bridgehead atoms. The van der Waals surface area contributed by atoms with Crippen LogP contribution >= 0.6 is 0 Å². The number of aromatic nitrogens is 3. The molecule has 1 aromatic carbocycles. The number of ether oxygens (including phenoxy) is 1. The standard InChI is InChI=1S/C24H31N7O3/c1-16-13-20(26-10-6-12-31(5)23(33)34-24(2,3)4)29-21(27-16)30-22(32)28-19-8-7-18-15-25-11-9-17(18)14-19/h7-9,11,13-15H,6,10,12H2,1-5H3,(H3,26,27,28,29,30,32). The molecule has 0 saturated heterocycles. The van der Waals surface area contributed by atoms with E-state index in [1.807, 2.05) is 52.0 Å². The van der Waals surface area contributed by atoms with Crippen molar-refractivity contribution in [3.63, 3.8) is 0 Å². The lowest BCUT2D eigenvalue weighted by atomic mass is 10.1. The number of nitrogens with one attached hydrogen (secondary N) is 3. The van der Waals surface area contributed by atoms with Crippen molar-refractivity contribution in [2.75, 3.05) is 36.1 Å². The summed E-state index contributed by atoms with van der Waals surface area (Å²) in [6.07, 6.45) is 3.81. The maximum Gasteiger partial charge on any atom is 0.410 e. The minimum atomic E-state index is -0.524. The molecule has 10 heteroatoms. The van der Waals surface area contributed by atoms with Gasteiger partial charge in [0.2, 0.25) is 5.95 Å². The number of benzene rings is 1. The highest BCUT2D eigenvalue weighted by Crippen LogP contribution is 2.18. The van der Waals surface area contributed by atoms with Gasteiger partial charge >= 0.3 is 12.1 Å². The lowest BCUT2D eigenvalue weighted by Crippen LogP contribution is -2.35. The van der Waals surface area contributed by atoms with Crippen LogP contribution in [0.1, 0.15) is 32.9 Å². The summed E-state index contributed by atoms with van der Waals surface area (Å²) < 4.78 is 5.34. The lowest BCUT2D eigenvalue weighted by Gasteiger charge is -2.24. The van der Waals surface area contributed by atoms with Gasteiger partial charge in [-0.1, -0.05) is 6.07 Å². The summed E-state index contributed by atoms with van der Waals surface area (Å²) in [5.41, 5.74) is 0.831. The van der Waals surface area contributed by atoms with Crippen LogP contribution in [0.4, 0.5) is 27.0 Å². The Labute approximate surface area is 199 Å². The monoisotopic (exact) mass is 465 g/mol. The first-order valence-corrected chi connectivity index (χ1v) is 11.0.